The van der Waals surface area contributed by atoms with Gasteiger partial charge in [0.25, 0.3) is 0 Å². The highest BCUT2D eigenvalue weighted by Gasteiger charge is 2.21. The third kappa shape index (κ3) is 5.01. The molecule has 0 radical (unpaired) electrons. The van der Waals surface area contributed by atoms with Gasteiger partial charge in [-0.15, -0.1) is 0 Å². The Morgan fingerprint density at radius 2 is 1.32 bits per heavy atom. The predicted octanol–water partition coefficient (Wildman–Crippen LogP) is 4.09. The molecule has 0 saturated heterocycles. The monoisotopic (exact) mass is 390 g/mol. The van der Waals surface area contributed by atoms with Gasteiger partial charge in [-0.1, -0.05) is 6.07 Å². The van der Waals surface area contributed by atoms with E-state index in [0.717, 1.165) is 22.6 Å². The van der Waals surface area contributed by atoms with Crippen molar-refractivity contribution in [1.82, 2.24) is 0 Å². The van der Waals surface area contributed by atoms with Crippen molar-refractivity contribution in [3.05, 3.63) is 41.5 Å². The van der Waals surface area contributed by atoms with E-state index >= 15 is 0 Å². The summed E-state index contributed by atoms with van der Waals surface area (Å²) in [5.41, 5.74) is 2.05. The van der Waals surface area contributed by atoms with Crippen LogP contribution in [0, 0.1) is 0 Å². The summed E-state index contributed by atoms with van der Waals surface area (Å²) in [4.78, 5) is 0. The van der Waals surface area contributed by atoms with Gasteiger partial charge in [0.15, 0.2) is 11.5 Å². The van der Waals surface area contributed by atoms with Crippen LogP contribution in [0.25, 0.3) is 0 Å². The first-order chi connectivity index (χ1) is 13.6. The molecule has 0 aliphatic carbocycles. The molecule has 2 aromatic rings. The summed E-state index contributed by atoms with van der Waals surface area (Å²) in [6, 6.07) is 9.67. The topological polar surface area (TPSA) is 55.4 Å². The minimum absolute atomic E-state index is 0.0796. The molecule has 1 atom stereocenters. The summed E-state index contributed by atoms with van der Waals surface area (Å²) < 4.78 is 33.2. The van der Waals surface area contributed by atoms with E-state index in [9.17, 15) is 0 Å². The van der Waals surface area contributed by atoms with Crippen LogP contribution in [0.3, 0.4) is 0 Å². The lowest BCUT2D eigenvalue weighted by Crippen LogP contribution is -2.13. The van der Waals surface area contributed by atoms with Gasteiger partial charge in [-0.2, -0.15) is 0 Å². The molecule has 0 aromatic heterocycles. The third-order valence-corrected chi connectivity index (χ3v) is 4.67. The van der Waals surface area contributed by atoms with Gasteiger partial charge in [-0.05, 0) is 31.0 Å². The number of hydrogen-bond acceptors (Lipinski definition) is 6. The minimum Gasteiger partial charge on any atom is -0.496 e. The fourth-order valence-electron chi connectivity index (χ4n) is 3.17. The Hall–Kier alpha value is -2.60. The van der Waals surface area contributed by atoms with Crippen molar-refractivity contribution in [3.63, 3.8) is 0 Å². The molecule has 0 aliphatic rings. The van der Waals surface area contributed by atoms with Crippen molar-refractivity contribution in [3.8, 4) is 28.7 Å². The van der Waals surface area contributed by atoms with Crippen LogP contribution in [-0.2, 0) is 11.2 Å². The van der Waals surface area contributed by atoms with Crippen LogP contribution < -0.4 is 23.7 Å². The van der Waals surface area contributed by atoms with E-state index < -0.39 is 0 Å². The van der Waals surface area contributed by atoms with Crippen molar-refractivity contribution in [2.24, 2.45) is 0 Å². The molecule has 0 saturated carbocycles. The number of methoxy groups -OCH3 is 5. The molecule has 28 heavy (non-hydrogen) atoms. The normalized spacial score (nSPS) is 11.6. The van der Waals surface area contributed by atoms with E-state index in [2.05, 4.69) is 0 Å². The van der Waals surface area contributed by atoms with Gasteiger partial charge in [0.1, 0.15) is 17.2 Å². The van der Waals surface area contributed by atoms with Crippen LogP contribution in [0.1, 0.15) is 24.0 Å². The lowest BCUT2D eigenvalue weighted by molar-refractivity contribution is 0.131. The molecule has 2 aromatic carbocycles. The van der Waals surface area contributed by atoms with Crippen LogP contribution in [-0.4, -0.2) is 48.8 Å². The number of benzene rings is 2. The Kier molecular flexibility index (Phi) is 8.26. The number of hydrogen-bond donors (Lipinski definition) is 0. The minimum atomic E-state index is 0.0796. The molecule has 0 aliphatic heterocycles. The van der Waals surface area contributed by atoms with Crippen LogP contribution in [0.5, 0.6) is 28.7 Å². The number of rotatable bonds is 11. The van der Waals surface area contributed by atoms with E-state index in [0.29, 0.717) is 36.9 Å². The lowest BCUT2D eigenvalue weighted by atomic mass is 9.91. The van der Waals surface area contributed by atoms with Gasteiger partial charge in [0.2, 0.25) is 0 Å². The Balaban J connectivity index is 2.45. The maximum atomic E-state index is 5.77. The molecular weight excluding hydrogens is 360 g/mol. The lowest BCUT2D eigenvalue weighted by Gasteiger charge is -2.22. The van der Waals surface area contributed by atoms with E-state index in [1.165, 1.54) is 0 Å². The van der Waals surface area contributed by atoms with Crippen molar-refractivity contribution in [2.75, 3.05) is 48.8 Å². The molecule has 0 fully saturated rings. The van der Waals surface area contributed by atoms with Crippen LogP contribution in [0.2, 0.25) is 0 Å². The maximum Gasteiger partial charge on any atom is 0.160 e. The second-order valence-corrected chi connectivity index (χ2v) is 6.19. The van der Waals surface area contributed by atoms with Gasteiger partial charge in [-0.25, -0.2) is 0 Å². The van der Waals surface area contributed by atoms with Crippen LogP contribution in [0.15, 0.2) is 30.3 Å². The fraction of sp³-hybridized carbons (Fsp3) is 0.455. The first-order valence-electron chi connectivity index (χ1n) is 9.20. The quantitative estimate of drug-likeness (QED) is 0.576. The van der Waals surface area contributed by atoms with Gasteiger partial charge in [0.05, 0.1) is 42.2 Å². The third-order valence-electron chi connectivity index (χ3n) is 4.67. The smallest absolute Gasteiger partial charge is 0.160 e. The molecule has 0 spiro atoms. The van der Waals surface area contributed by atoms with E-state index in [4.69, 9.17) is 28.4 Å². The fourth-order valence-corrected chi connectivity index (χ4v) is 3.17. The van der Waals surface area contributed by atoms with Crippen molar-refractivity contribution in [1.29, 1.82) is 0 Å². The zero-order valence-corrected chi connectivity index (χ0v) is 17.5. The Bertz CT molecular complexity index is 734. The van der Waals surface area contributed by atoms with E-state index in [-0.39, 0.29) is 5.92 Å². The molecule has 0 N–H and O–H groups in total. The Morgan fingerprint density at radius 3 is 1.82 bits per heavy atom. The highest BCUT2D eigenvalue weighted by atomic mass is 16.5. The van der Waals surface area contributed by atoms with E-state index in [1.54, 1.807) is 35.5 Å². The molecule has 2 rings (SSSR count). The Labute approximate surface area is 167 Å². The highest BCUT2D eigenvalue weighted by Crippen LogP contribution is 2.39. The zero-order chi connectivity index (χ0) is 20.5. The molecule has 154 valence electrons. The second-order valence-electron chi connectivity index (χ2n) is 6.19. The highest BCUT2D eigenvalue weighted by molar-refractivity contribution is 5.52. The second kappa shape index (κ2) is 10.7. The molecule has 0 unspecified atom stereocenters. The van der Waals surface area contributed by atoms with Gasteiger partial charge in [0, 0.05) is 30.2 Å². The summed E-state index contributed by atoms with van der Waals surface area (Å²) >= 11 is 0. The first-order valence-corrected chi connectivity index (χ1v) is 9.20. The average Bonchev–Trinajstić information content (AvgIpc) is 2.75. The summed E-state index contributed by atoms with van der Waals surface area (Å²) in [6.45, 7) is 3.19. The summed E-state index contributed by atoms with van der Waals surface area (Å²) in [6.07, 6.45) is 0.672. The van der Waals surface area contributed by atoms with E-state index in [1.807, 2.05) is 37.3 Å². The SMILES string of the molecule is CCOC[C@@H](Cc1c(OC)cc(OC)cc1OC)c1ccc(OC)c(OC)c1. The van der Waals surface area contributed by atoms with Crippen LogP contribution >= 0.6 is 0 Å². The molecule has 0 amide bonds. The number of ether oxygens (including phenoxy) is 6. The molecule has 0 heterocycles. The largest absolute Gasteiger partial charge is 0.496 e. The molecule has 6 nitrogen and oxygen atoms in total. The standard InChI is InChI=1S/C22H30O6/c1-7-28-14-16(15-8-9-19(24-3)22(11-15)27-6)10-18-20(25-4)12-17(23-2)13-21(18)26-5/h8-9,11-13,16H,7,10,14H2,1-6H3/t16-/m1/s1. The Morgan fingerprint density at radius 1 is 0.714 bits per heavy atom. The van der Waals surface area contributed by atoms with Crippen molar-refractivity contribution >= 4 is 0 Å². The summed E-state index contributed by atoms with van der Waals surface area (Å²) in [5.74, 6) is 3.59. The predicted molar refractivity (Wildman–Crippen MR) is 109 cm³/mol. The van der Waals surface area contributed by atoms with Gasteiger partial charge >= 0.3 is 0 Å². The molecule has 6 heteroatoms. The average molecular weight is 390 g/mol. The van der Waals surface area contributed by atoms with Crippen molar-refractivity contribution in [2.45, 2.75) is 19.3 Å². The van der Waals surface area contributed by atoms with Crippen LogP contribution in [0.4, 0.5) is 0 Å². The first kappa shape index (κ1) is 21.7. The molecule has 0 bridgehead atoms. The zero-order valence-electron chi connectivity index (χ0n) is 17.5. The van der Waals surface area contributed by atoms with Gasteiger partial charge < -0.3 is 28.4 Å². The summed E-state index contributed by atoms with van der Waals surface area (Å²) in [5, 5.41) is 0. The van der Waals surface area contributed by atoms with Crippen molar-refractivity contribution < 1.29 is 28.4 Å². The van der Waals surface area contributed by atoms with Gasteiger partial charge in [-0.3, -0.25) is 0 Å². The summed E-state index contributed by atoms with van der Waals surface area (Å²) in [7, 11) is 8.17. The molecular formula is C22H30O6. The maximum absolute atomic E-state index is 5.77.